The number of nitrogens with zero attached hydrogens (tertiary/aromatic N) is 2. The van der Waals surface area contributed by atoms with E-state index in [1.165, 1.54) is 0 Å². The minimum Gasteiger partial charge on any atom is -0.355 e. The molecule has 0 aliphatic heterocycles. The van der Waals surface area contributed by atoms with E-state index in [2.05, 4.69) is 29.3 Å². The Labute approximate surface area is 109 Å². The molecule has 2 aromatic heterocycles. The van der Waals surface area contributed by atoms with Gasteiger partial charge in [-0.1, -0.05) is 17.3 Å². The number of aromatic nitrogens is 2. The fraction of sp³-hybridized carbons (Fsp3) is 0.231. The molecular formula is C13H13N3OS. The van der Waals surface area contributed by atoms with E-state index in [0.717, 1.165) is 21.8 Å². The van der Waals surface area contributed by atoms with Crippen molar-refractivity contribution in [1.29, 1.82) is 0 Å². The van der Waals surface area contributed by atoms with Crippen LogP contribution in [0.5, 0.6) is 0 Å². The van der Waals surface area contributed by atoms with Crippen molar-refractivity contribution in [2.75, 3.05) is 5.32 Å². The van der Waals surface area contributed by atoms with Crippen molar-refractivity contribution >= 4 is 28.1 Å². The molecule has 3 aromatic rings. The molecular weight excluding hydrogens is 246 g/mol. The lowest BCUT2D eigenvalue weighted by Crippen LogP contribution is -2.27. The summed E-state index contributed by atoms with van der Waals surface area (Å²) in [5.41, 5.74) is 0.517. The van der Waals surface area contributed by atoms with Crippen LogP contribution in [0.15, 0.2) is 40.4 Å². The summed E-state index contributed by atoms with van der Waals surface area (Å²) in [5.74, 6) is 0.755. The first-order valence-corrected chi connectivity index (χ1v) is 6.57. The first-order valence-electron chi connectivity index (χ1n) is 5.69. The number of benzene rings is 1. The summed E-state index contributed by atoms with van der Waals surface area (Å²) >= 11 is 1.63. The molecule has 0 aliphatic carbocycles. The standard InChI is InChI=1S/C13H13N3OS/c1-13(2,12-14-7-8-18-12)15-11-9-5-3-4-6-10(9)17-16-11/h3-8H,1-2H3,(H,15,16). The minimum atomic E-state index is -0.270. The fourth-order valence-electron chi connectivity index (χ4n) is 1.86. The van der Waals surface area contributed by atoms with Crippen LogP contribution in [0.3, 0.4) is 0 Å². The second kappa shape index (κ2) is 4.10. The molecule has 0 spiro atoms. The van der Waals surface area contributed by atoms with Crippen LogP contribution in [0.2, 0.25) is 0 Å². The van der Waals surface area contributed by atoms with E-state index < -0.39 is 0 Å². The topological polar surface area (TPSA) is 51.0 Å². The Balaban J connectivity index is 1.97. The van der Waals surface area contributed by atoms with Gasteiger partial charge < -0.3 is 9.84 Å². The number of rotatable bonds is 3. The van der Waals surface area contributed by atoms with Crippen molar-refractivity contribution in [1.82, 2.24) is 10.1 Å². The first-order chi connectivity index (χ1) is 8.67. The summed E-state index contributed by atoms with van der Waals surface area (Å²) in [7, 11) is 0. The molecule has 4 nitrogen and oxygen atoms in total. The van der Waals surface area contributed by atoms with Crippen molar-refractivity contribution in [2.45, 2.75) is 19.4 Å². The normalized spacial score (nSPS) is 11.9. The summed E-state index contributed by atoms with van der Waals surface area (Å²) in [6, 6.07) is 7.81. The highest BCUT2D eigenvalue weighted by molar-refractivity contribution is 7.09. The molecule has 1 N–H and O–H groups in total. The van der Waals surface area contributed by atoms with E-state index in [0.29, 0.717) is 0 Å². The van der Waals surface area contributed by atoms with Crippen LogP contribution in [0.25, 0.3) is 11.0 Å². The molecule has 0 amide bonds. The largest absolute Gasteiger partial charge is 0.355 e. The molecule has 92 valence electrons. The van der Waals surface area contributed by atoms with Crippen LogP contribution in [0.4, 0.5) is 5.82 Å². The number of nitrogens with one attached hydrogen (secondary N) is 1. The van der Waals surface area contributed by atoms with Gasteiger partial charge in [0.25, 0.3) is 0 Å². The Kier molecular flexibility index (Phi) is 2.56. The van der Waals surface area contributed by atoms with E-state index in [1.807, 2.05) is 35.8 Å². The number of hydrogen-bond acceptors (Lipinski definition) is 5. The molecule has 2 heterocycles. The zero-order valence-electron chi connectivity index (χ0n) is 10.2. The summed E-state index contributed by atoms with van der Waals surface area (Å²) in [4.78, 5) is 4.35. The van der Waals surface area contributed by atoms with Crippen molar-refractivity contribution in [3.8, 4) is 0 Å². The zero-order valence-corrected chi connectivity index (χ0v) is 11.0. The monoisotopic (exact) mass is 259 g/mol. The highest BCUT2D eigenvalue weighted by Crippen LogP contribution is 2.30. The third-order valence-electron chi connectivity index (χ3n) is 2.78. The van der Waals surface area contributed by atoms with Gasteiger partial charge >= 0.3 is 0 Å². The molecule has 0 atom stereocenters. The molecule has 3 rings (SSSR count). The van der Waals surface area contributed by atoms with E-state index in [-0.39, 0.29) is 5.54 Å². The van der Waals surface area contributed by atoms with E-state index in [4.69, 9.17) is 4.52 Å². The van der Waals surface area contributed by atoms with Gasteiger partial charge in [0.05, 0.1) is 10.9 Å². The molecule has 0 fully saturated rings. The Morgan fingerprint density at radius 2 is 2.11 bits per heavy atom. The van der Waals surface area contributed by atoms with E-state index in [1.54, 1.807) is 11.3 Å². The van der Waals surface area contributed by atoms with Crippen molar-refractivity contribution in [3.05, 3.63) is 40.8 Å². The molecule has 0 saturated carbocycles. The molecule has 0 saturated heterocycles. The van der Waals surface area contributed by atoms with Gasteiger partial charge in [0.2, 0.25) is 0 Å². The fourth-order valence-corrected chi connectivity index (χ4v) is 2.58. The number of para-hydroxylation sites is 1. The van der Waals surface area contributed by atoms with Crippen LogP contribution in [0.1, 0.15) is 18.9 Å². The SMILES string of the molecule is CC(C)(Nc1noc2ccccc12)c1nccs1. The van der Waals surface area contributed by atoms with Gasteiger partial charge in [-0.3, -0.25) is 0 Å². The van der Waals surface area contributed by atoms with E-state index >= 15 is 0 Å². The Morgan fingerprint density at radius 1 is 1.28 bits per heavy atom. The van der Waals surface area contributed by atoms with Crippen LogP contribution in [-0.4, -0.2) is 10.1 Å². The molecule has 0 unspecified atom stereocenters. The van der Waals surface area contributed by atoms with Gasteiger partial charge in [0, 0.05) is 11.6 Å². The van der Waals surface area contributed by atoms with Crippen LogP contribution >= 0.6 is 11.3 Å². The number of hydrogen-bond donors (Lipinski definition) is 1. The summed E-state index contributed by atoms with van der Waals surface area (Å²) < 4.78 is 5.28. The third kappa shape index (κ3) is 1.86. The van der Waals surface area contributed by atoms with Gasteiger partial charge in [0.1, 0.15) is 5.01 Å². The number of thiazole rings is 1. The highest BCUT2D eigenvalue weighted by atomic mass is 32.1. The minimum absolute atomic E-state index is 0.270. The highest BCUT2D eigenvalue weighted by Gasteiger charge is 2.25. The van der Waals surface area contributed by atoms with Gasteiger partial charge in [-0.15, -0.1) is 11.3 Å². The molecule has 0 bridgehead atoms. The first kappa shape index (κ1) is 11.2. The number of fused-ring (bicyclic) bond motifs is 1. The maximum Gasteiger partial charge on any atom is 0.178 e. The van der Waals surface area contributed by atoms with Gasteiger partial charge in [-0.05, 0) is 26.0 Å². The van der Waals surface area contributed by atoms with Gasteiger partial charge in [-0.25, -0.2) is 4.98 Å². The van der Waals surface area contributed by atoms with Crippen molar-refractivity contribution in [2.24, 2.45) is 0 Å². The molecule has 1 aromatic carbocycles. The molecule has 18 heavy (non-hydrogen) atoms. The lowest BCUT2D eigenvalue weighted by Gasteiger charge is -2.23. The Hall–Kier alpha value is -1.88. The summed E-state index contributed by atoms with van der Waals surface area (Å²) in [6.45, 7) is 4.16. The van der Waals surface area contributed by atoms with Gasteiger partial charge in [-0.2, -0.15) is 0 Å². The molecule has 0 aliphatic rings. The van der Waals surface area contributed by atoms with Gasteiger partial charge in [0.15, 0.2) is 11.4 Å². The van der Waals surface area contributed by atoms with Crippen LogP contribution in [0, 0.1) is 0 Å². The quantitative estimate of drug-likeness (QED) is 0.780. The third-order valence-corrected chi connectivity index (χ3v) is 3.87. The van der Waals surface area contributed by atoms with E-state index in [9.17, 15) is 0 Å². The molecule has 0 radical (unpaired) electrons. The van der Waals surface area contributed by atoms with Crippen molar-refractivity contribution in [3.63, 3.8) is 0 Å². The van der Waals surface area contributed by atoms with Crippen molar-refractivity contribution < 1.29 is 4.52 Å². The maximum absolute atomic E-state index is 5.28. The average Bonchev–Trinajstić information content (AvgIpc) is 2.99. The zero-order chi connectivity index (χ0) is 12.6. The second-order valence-electron chi connectivity index (χ2n) is 4.61. The summed E-state index contributed by atoms with van der Waals surface area (Å²) in [5, 5.41) is 11.5. The Bertz CT molecular complexity index is 658. The number of anilines is 1. The Morgan fingerprint density at radius 3 is 2.89 bits per heavy atom. The lowest BCUT2D eigenvalue weighted by atomic mass is 10.1. The second-order valence-corrected chi connectivity index (χ2v) is 5.51. The predicted octanol–water partition coefficient (Wildman–Crippen LogP) is 3.63. The summed E-state index contributed by atoms with van der Waals surface area (Å²) in [6.07, 6.45) is 1.81. The maximum atomic E-state index is 5.28. The smallest absolute Gasteiger partial charge is 0.178 e. The lowest BCUT2D eigenvalue weighted by molar-refractivity contribution is 0.454. The van der Waals surface area contributed by atoms with Crippen LogP contribution in [-0.2, 0) is 5.54 Å². The predicted molar refractivity (Wildman–Crippen MR) is 72.8 cm³/mol. The van der Waals surface area contributed by atoms with Crippen LogP contribution < -0.4 is 5.32 Å². The average molecular weight is 259 g/mol. The molecule has 5 heteroatoms.